The summed E-state index contributed by atoms with van der Waals surface area (Å²) in [5.41, 5.74) is 2.36. The van der Waals surface area contributed by atoms with E-state index in [0.717, 1.165) is 17.7 Å². The van der Waals surface area contributed by atoms with E-state index in [4.69, 9.17) is 0 Å². The number of Topliss-reactive ketones (excluding diaryl/α,β-unsaturated/α-hetero) is 1. The van der Waals surface area contributed by atoms with Gasteiger partial charge in [0.1, 0.15) is 0 Å². The number of anilines is 1. The fraction of sp³-hybridized carbons (Fsp3) is 0.333. The van der Waals surface area contributed by atoms with Crippen molar-refractivity contribution >= 4 is 17.4 Å². The van der Waals surface area contributed by atoms with Crippen molar-refractivity contribution in [2.45, 2.75) is 26.2 Å². The van der Waals surface area contributed by atoms with E-state index in [0.29, 0.717) is 18.4 Å². The smallest absolute Gasteiger partial charge is 0.228 e. The number of rotatable bonds is 3. The van der Waals surface area contributed by atoms with Gasteiger partial charge in [0.2, 0.25) is 5.91 Å². The molecule has 0 saturated heterocycles. The average molecular weight is 203 g/mol. The quantitative estimate of drug-likeness (QED) is 0.765. The number of hydrogen-bond acceptors (Lipinski definition) is 2. The predicted molar refractivity (Wildman–Crippen MR) is 58.0 cm³/mol. The first-order chi connectivity index (χ1) is 7.22. The normalized spacial score (nSPS) is 13.5. The summed E-state index contributed by atoms with van der Waals surface area (Å²) in [6.07, 6.45) is 1.72. The third-order valence-electron chi connectivity index (χ3n) is 2.56. The van der Waals surface area contributed by atoms with Gasteiger partial charge in [-0.1, -0.05) is 19.1 Å². The lowest BCUT2D eigenvalue weighted by Gasteiger charge is -2.04. The maximum Gasteiger partial charge on any atom is 0.228 e. The van der Waals surface area contributed by atoms with Crippen LogP contribution in [0.2, 0.25) is 0 Å². The summed E-state index contributed by atoms with van der Waals surface area (Å²) >= 11 is 0. The molecule has 0 saturated carbocycles. The summed E-state index contributed by atoms with van der Waals surface area (Å²) in [5.74, 6) is 0.104. The van der Waals surface area contributed by atoms with Crippen molar-refractivity contribution < 1.29 is 9.59 Å². The maximum absolute atomic E-state index is 11.8. The Balaban J connectivity index is 2.38. The van der Waals surface area contributed by atoms with Crippen molar-refractivity contribution in [2.24, 2.45) is 0 Å². The highest BCUT2D eigenvalue weighted by Gasteiger charge is 2.22. The van der Waals surface area contributed by atoms with Crippen LogP contribution in [0.5, 0.6) is 0 Å². The summed E-state index contributed by atoms with van der Waals surface area (Å²) < 4.78 is 0. The van der Waals surface area contributed by atoms with E-state index in [-0.39, 0.29) is 11.7 Å². The Kier molecular flexibility index (Phi) is 2.54. The first kappa shape index (κ1) is 9.90. The van der Waals surface area contributed by atoms with Gasteiger partial charge in [-0.2, -0.15) is 0 Å². The summed E-state index contributed by atoms with van der Waals surface area (Å²) in [6, 6.07) is 5.45. The largest absolute Gasteiger partial charge is 0.326 e. The van der Waals surface area contributed by atoms with Crippen molar-refractivity contribution in [2.75, 3.05) is 5.32 Å². The molecule has 3 heteroatoms. The molecule has 0 unspecified atom stereocenters. The monoisotopic (exact) mass is 203 g/mol. The molecular weight excluding hydrogens is 190 g/mol. The molecule has 0 spiro atoms. The van der Waals surface area contributed by atoms with Crippen LogP contribution < -0.4 is 5.32 Å². The van der Waals surface area contributed by atoms with Crippen LogP contribution in [0.1, 0.15) is 35.7 Å². The summed E-state index contributed by atoms with van der Waals surface area (Å²) in [6.45, 7) is 1.98. The number of fused-ring (bicyclic) bond motifs is 1. The molecule has 78 valence electrons. The Morgan fingerprint density at radius 1 is 1.47 bits per heavy atom. The molecule has 1 aromatic rings. The van der Waals surface area contributed by atoms with E-state index >= 15 is 0 Å². The number of carbonyl (C=O) groups is 2. The van der Waals surface area contributed by atoms with Crippen LogP contribution in [-0.2, 0) is 11.2 Å². The maximum atomic E-state index is 11.8. The Morgan fingerprint density at radius 2 is 2.27 bits per heavy atom. The van der Waals surface area contributed by atoms with Crippen LogP contribution in [0.3, 0.4) is 0 Å². The van der Waals surface area contributed by atoms with Gasteiger partial charge in [0.25, 0.3) is 0 Å². The molecule has 0 bridgehead atoms. The van der Waals surface area contributed by atoms with Crippen LogP contribution in [-0.4, -0.2) is 11.7 Å². The highest BCUT2D eigenvalue weighted by molar-refractivity contribution is 6.06. The Hall–Kier alpha value is -1.64. The molecule has 0 atom stereocenters. The number of benzene rings is 1. The molecule has 3 nitrogen and oxygen atoms in total. The van der Waals surface area contributed by atoms with Gasteiger partial charge in [0.15, 0.2) is 5.78 Å². The SMILES string of the molecule is CCCC(=O)c1cccc2c1CC(=O)N2. The van der Waals surface area contributed by atoms with Crippen molar-refractivity contribution in [1.82, 2.24) is 0 Å². The highest BCUT2D eigenvalue weighted by atomic mass is 16.2. The van der Waals surface area contributed by atoms with Crippen molar-refractivity contribution in [3.05, 3.63) is 29.3 Å². The standard InChI is InChI=1S/C12H13NO2/c1-2-4-11(14)8-5-3-6-10-9(8)7-12(15)13-10/h3,5-6H,2,4,7H2,1H3,(H,13,15). The third kappa shape index (κ3) is 1.77. The average Bonchev–Trinajstić information content (AvgIpc) is 2.57. The molecule has 0 aromatic heterocycles. The summed E-state index contributed by atoms with van der Waals surface area (Å²) in [4.78, 5) is 23.0. The molecule has 0 fully saturated rings. The van der Waals surface area contributed by atoms with Crippen LogP contribution in [0.4, 0.5) is 5.69 Å². The van der Waals surface area contributed by atoms with Crippen molar-refractivity contribution in [3.8, 4) is 0 Å². The van der Waals surface area contributed by atoms with E-state index in [9.17, 15) is 9.59 Å². The topological polar surface area (TPSA) is 46.2 Å². The van der Waals surface area contributed by atoms with E-state index in [1.165, 1.54) is 0 Å². The molecular formula is C12H13NO2. The minimum atomic E-state index is -0.0262. The van der Waals surface area contributed by atoms with Gasteiger partial charge in [-0.25, -0.2) is 0 Å². The highest BCUT2D eigenvalue weighted by Crippen LogP contribution is 2.27. The van der Waals surface area contributed by atoms with E-state index in [1.54, 1.807) is 6.07 Å². The molecule has 2 rings (SSSR count). The minimum absolute atomic E-state index is 0.0262. The summed E-state index contributed by atoms with van der Waals surface area (Å²) in [7, 11) is 0. The number of carbonyl (C=O) groups excluding carboxylic acids is 2. The molecule has 1 amide bonds. The van der Waals surface area contributed by atoms with Gasteiger partial charge >= 0.3 is 0 Å². The lowest BCUT2D eigenvalue weighted by atomic mass is 9.99. The predicted octanol–water partition coefficient (Wildman–Crippen LogP) is 2.16. The zero-order valence-corrected chi connectivity index (χ0v) is 8.67. The van der Waals surface area contributed by atoms with Gasteiger partial charge in [0.05, 0.1) is 6.42 Å². The zero-order valence-electron chi connectivity index (χ0n) is 8.67. The second kappa shape index (κ2) is 3.85. The Bertz CT molecular complexity index is 424. The van der Waals surface area contributed by atoms with Gasteiger partial charge < -0.3 is 5.32 Å². The molecule has 1 aromatic carbocycles. The van der Waals surface area contributed by atoms with Gasteiger partial charge in [-0.15, -0.1) is 0 Å². The van der Waals surface area contributed by atoms with Crippen LogP contribution in [0, 0.1) is 0 Å². The number of ketones is 1. The van der Waals surface area contributed by atoms with E-state index < -0.39 is 0 Å². The second-order valence-corrected chi connectivity index (χ2v) is 3.73. The molecule has 1 aliphatic heterocycles. The fourth-order valence-electron chi connectivity index (χ4n) is 1.87. The third-order valence-corrected chi connectivity index (χ3v) is 2.56. The molecule has 0 radical (unpaired) electrons. The Labute approximate surface area is 88.5 Å². The van der Waals surface area contributed by atoms with E-state index in [2.05, 4.69) is 5.32 Å². The summed E-state index contributed by atoms with van der Waals surface area (Å²) in [5, 5.41) is 2.74. The molecule has 15 heavy (non-hydrogen) atoms. The minimum Gasteiger partial charge on any atom is -0.326 e. The number of nitrogens with one attached hydrogen (secondary N) is 1. The number of amides is 1. The van der Waals surface area contributed by atoms with E-state index in [1.807, 2.05) is 19.1 Å². The Morgan fingerprint density at radius 3 is 3.00 bits per heavy atom. The van der Waals surface area contributed by atoms with Crippen LogP contribution >= 0.6 is 0 Å². The molecule has 1 aliphatic rings. The molecule has 1 heterocycles. The molecule has 0 aliphatic carbocycles. The van der Waals surface area contributed by atoms with Gasteiger partial charge in [-0.05, 0) is 18.1 Å². The first-order valence-electron chi connectivity index (χ1n) is 5.17. The van der Waals surface area contributed by atoms with Gasteiger partial charge in [0, 0.05) is 17.7 Å². The lowest BCUT2D eigenvalue weighted by Crippen LogP contribution is -2.04. The van der Waals surface area contributed by atoms with Crippen LogP contribution in [0.15, 0.2) is 18.2 Å². The first-order valence-corrected chi connectivity index (χ1v) is 5.17. The van der Waals surface area contributed by atoms with Crippen molar-refractivity contribution in [1.29, 1.82) is 0 Å². The fourth-order valence-corrected chi connectivity index (χ4v) is 1.87. The second-order valence-electron chi connectivity index (χ2n) is 3.73. The number of hydrogen-bond donors (Lipinski definition) is 1. The van der Waals surface area contributed by atoms with Crippen LogP contribution in [0.25, 0.3) is 0 Å². The van der Waals surface area contributed by atoms with Crippen molar-refractivity contribution in [3.63, 3.8) is 0 Å². The zero-order chi connectivity index (χ0) is 10.8. The lowest BCUT2D eigenvalue weighted by molar-refractivity contribution is -0.115. The van der Waals surface area contributed by atoms with Gasteiger partial charge in [-0.3, -0.25) is 9.59 Å². The molecule has 1 N–H and O–H groups in total.